The first-order chi connectivity index (χ1) is 8.81. The molecule has 6 nitrogen and oxygen atoms in total. The van der Waals surface area contributed by atoms with Gasteiger partial charge in [-0.1, -0.05) is 26.7 Å². The first-order valence-corrected chi connectivity index (χ1v) is 8.51. The summed E-state index contributed by atoms with van der Waals surface area (Å²) in [6, 6.07) is 0. The minimum Gasteiger partial charge on any atom is -0.356 e. The lowest BCUT2D eigenvalue weighted by molar-refractivity contribution is -0.131. The highest BCUT2D eigenvalue weighted by Gasteiger charge is 2.34. The van der Waals surface area contributed by atoms with E-state index in [-0.39, 0.29) is 11.7 Å². The smallest absolute Gasteiger partial charge is 0.227 e. The normalized spacial score (nSPS) is 12.4. The SMILES string of the molecule is CCCC(CN)(CCC)C(=O)NCCCS(N)(=O)=O. The van der Waals surface area contributed by atoms with Gasteiger partial charge in [0.05, 0.1) is 11.2 Å². The third kappa shape index (κ3) is 6.89. The van der Waals surface area contributed by atoms with E-state index in [9.17, 15) is 13.2 Å². The Hall–Kier alpha value is -0.660. The summed E-state index contributed by atoms with van der Waals surface area (Å²) in [5.74, 6) is -0.196. The van der Waals surface area contributed by atoms with Gasteiger partial charge in [0.15, 0.2) is 0 Å². The highest BCUT2D eigenvalue weighted by Crippen LogP contribution is 2.28. The summed E-state index contributed by atoms with van der Waals surface area (Å²) in [6.45, 7) is 4.67. The summed E-state index contributed by atoms with van der Waals surface area (Å²) in [5.41, 5.74) is 5.25. The molecular weight excluding hydrogens is 266 g/mol. The molecule has 5 N–H and O–H groups in total. The Balaban J connectivity index is 4.40. The molecule has 0 aliphatic rings. The quantitative estimate of drug-likeness (QED) is 0.503. The first kappa shape index (κ1) is 18.3. The molecule has 1 amide bonds. The van der Waals surface area contributed by atoms with E-state index in [1.165, 1.54) is 0 Å². The second-order valence-corrected chi connectivity index (χ2v) is 6.69. The zero-order valence-electron chi connectivity index (χ0n) is 11.9. The topological polar surface area (TPSA) is 115 Å². The number of carbonyl (C=O) groups excluding carboxylic acids is 1. The van der Waals surface area contributed by atoms with E-state index >= 15 is 0 Å². The fourth-order valence-corrected chi connectivity index (χ4v) is 2.82. The van der Waals surface area contributed by atoms with E-state index in [2.05, 4.69) is 5.32 Å². The second kappa shape index (κ2) is 8.50. The lowest BCUT2D eigenvalue weighted by atomic mass is 9.78. The number of amides is 1. The average Bonchev–Trinajstić information content (AvgIpc) is 2.32. The highest BCUT2D eigenvalue weighted by molar-refractivity contribution is 7.89. The third-order valence-electron chi connectivity index (χ3n) is 3.22. The number of sulfonamides is 1. The molecule has 0 aromatic carbocycles. The van der Waals surface area contributed by atoms with Gasteiger partial charge in [0.2, 0.25) is 15.9 Å². The van der Waals surface area contributed by atoms with Crippen molar-refractivity contribution in [2.24, 2.45) is 16.3 Å². The van der Waals surface area contributed by atoms with Gasteiger partial charge in [0.25, 0.3) is 0 Å². The van der Waals surface area contributed by atoms with Crippen LogP contribution in [-0.2, 0) is 14.8 Å². The molecule has 0 saturated heterocycles. The predicted octanol–water partition coefficient (Wildman–Crippen LogP) is 0.327. The van der Waals surface area contributed by atoms with Crippen LogP contribution in [0.4, 0.5) is 0 Å². The zero-order chi connectivity index (χ0) is 14.9. The van der Waals surface area contributed by atoms with Crippen LogP contribution in [-0.4, -0.2) is 33.2 Å². The lowest BCUT2D eigenvalue weighted by Gasteiger charge is -2.30. The molecule has 114 valence electrons. The van der Waals surface area contributed by atoms with Crippen LogP contribution in [0.3, 0.4) is 0 Å². The summed E-state index contributed by atoms with van der Waals surface area (Å²) < 4.78 is 21.6. The van der Waals surface area contributed by atoms with Crippen molar-refractivity contribution in [2.45, 2.75) is 46.0 Å². The van der Waals surface area contributed by atoms with Crippen LogP contribution in [0.2, 0.25) is 0 Å². The van der Waals surface area contributed by atoms with Gasteiger partial charge >= 0.3 is 0 Å². The molecule has 0 unspecified atom stereocenters. The number of nitrogens with two attached hydrogens (primary N) is 2. The molecule has 0 atom stereocenters. The molecule has 0 aromatic rings. The Morgan fingerprint density at radius 3 is 2.11 bits per heavy atom. The van der Waals surface area contributed by atoms with E-state index in [0.29, 0.717) is 19.5 Å². The largest absolute Gasteiger partial charge is 0.356 e. The van der Waals surface area contributed by atoms with Crippen molar-refractivity contribution < 1.29 is 13.2 Å². The maximum absolute atomic E-state index is 12.2. The highest BCUT2D eigenvalue weighted by atomic mass is 32.2. The molecule has 0 spiro atoms. The van der Waals surface area contributed by atoms with E-state index in [4.69, 9.17) is 10.9 Å². The Kier molecular flexibility index (Phi) is 8.20. The standard InChI is InChI=1S/C12H27N3O3S/c1-3-6-12(10-13,7-4-2)11(16)15-8-5-9-19(14,17)18/h3-10,13H2,1-2H3,(H,15,16)(H2,14,17,18). The lowest BCUT2D eigenvalue weighted by Crippen LogP contribution is -2.46. The summed E-state index contributed by atoms with van der Waals surface area (Å²) in [6.07, 6.45) is 3.60. The molecule has 0 bridgehead atoms. The molecule has 7 heteroatoms. The Morgan fingerprint density at radius 1 is 1.21 bits per heavy atom. The van der Waals surface area contributed by atoms with Crippen LogP contribution in [0.25, 0.3) is 0 Å². The molecule has 0 heterocycles. The van der Waals surface area contributed by atoms with Gasteiger partial charge in [-0.15, -0.1) is 0 Å². The summed E-state index contributed by atoms with van der Waals surface area (Å²) >= 11 is 0. The maximum atomic E-state index is 12.2. The van der Waals surface area contributed by atoms with Gasteiger partial charge < -0.3 is 11.1 Å². The van der Waals surface area contributed by atoms with Crippen LogP contribution in [0.15, 0.2) is 0 Å². The van der Waals surface area contributed by atoms with Crippen LogP contribution in [0.1, 0.15) is 46.0 Å². The minimum absolute atomic E-state index is 0.0758. The van der Waals surface area contributed by atoms with Gasteiger partial charge in [-0.25, -0.2) is 13.6 Å². The van der Waals surface area contributed by atoms with Crippen molar-refractivity contribution in [3.63, 3.8) is 0 Å². The van der Waals surface area contributed by atoms with Crippen LogP contribution in [0, 0.1) is 5.41 Å². The average molecular weight is 293 g/mol. The van der Waals surface area contributed by atoms with Crippen molar-refractivity contribution >= 4 is 15.9 Å². The zero-order valence-corrected chi connectivity index (χ0v) is 12.8. The monoisotopic (exact) mass is 293 g/mol. The fourth-order valence-electron chi connectivity index (χ4n) is 2.27. The molecular formula is C12H27N3O3S. The van der Waals surface area contributed by atoms with Crippen LogP contribution >= 0.6 is 0 Å². The number of rotatable bonds is 10. The number of carbonyl (C=O) groups is 1. The van der Waals surface area contributed by atoms with E-state index in [1.807, 2.05) is 13.8 Å². The number of primary sulfonamides is 1. The van der Waals surface area contributed by atoms with E-state index in [0.717, 1.165) is 25.7 Å². The summed E-state index contributed by atoms with van der Waals surface area (Å²) in [7, 11) is -3.46. The third-order valence-corrected chi connectivity index (χ3v) is 4.08. The van der Waals surface area contributed by atoms with Crippen LogP contribution in [0.5, 0.6) is 0 Å². The Bertz CT molecular complexity index is 362. The summed E-state index contributed by atoms with van der Waals surface area (Å²) in [4.78, 5) is 12.2. The van der Waals surface area contributed by atoms with Gasteiger partial charge in [0, 0.05) is 13.1 Å². The molecule has 0 saturated carbocycles. The fraction of sp³-hybridized carbons (Fsp3) is 0.917. The Morgan fingerprint density at radius 2 is 1.74 bits per heavy atom. The van der Waals surface area contributed by atoms with Crippen molar-refractivity contribution in [3.8, 4) is 0 Å². The number of hydrogen-bond acceptors (Lipinski definition) is 4. The predicted molar refractivity (Wildman–Crippen MR) is 76.9 cm³/mol. The second-order valence-electron chi connectivity index (χ2n) is 4.96. The van der Waals surface area contributed by atoms with Gasteiger partial charge in [0.1, 0.15) is 0 Å². The minimum atomic E-state index is -3.46. The van der Waals surface area contributed by atoms with Crippen molar-refractivity contribution in [3.05, 3.63) is 0 Å². The first-order valence-electron chi connectivity index (χ1n) is 6.80. The molecule has 0 radical (unpaired) electrons. The van der Waals surface area contributed by atoms with Crippen LogP contribution < -0.4 is 16.2 Å². The number of hydrogen-bond donors (Lipinski definition) is 3. The summed E-state index contributed by atoms with van der Waals surface area (Å²) in [5, 5.41) is 7.68. The van der Waals surface area contributed by atoms with Crippen molar-refractivity contribution in [1.29, 1.82) is 0 Å². The van der Waals surface area contributed by atoms with Crippen molar-refractivity contribution in [2.75, 3.05) is 18.8 Å². The molecule has 0 fully saturated rings. The molecule has 0 rings (SSSR count). The van der Waals surface area contributed by atoms with Crippen molar-refractivity contribution in [1.82, 2.24) is 5.32 Å². The molecule has 0 aliphatic carbocycles. The van der Waals surface area contributed by atoms with E-state index < -0.39 is 15.4 Å². The van der Waals surface area contributed by atoms with E-state index in [1.54, 1.807) is 0 Å². The number of nitrogens with one attached hydrogen (secondary N) is 1. The molecule has 0 aromatic heterocycles. The molecule has 0 aliphatic heterocycles. The maximum Gasteiger partial charge on any atom is 0.227 e. The van der Waals surface area contributed by atoms with Gasteiger partial charge in [-0.05, 0) is 19.3 Å². The Labute approximate surface area is 116 Å². The van der Waals surface area contributed by atoms with Gasteiger partial charge in [-0.2, -0.15) is 0 Å². The van der Waals surface area contributed by atoms with Gasteiger partial charge in [-0.3, -0.25) is 4.79 Å². The molecule has 19 heavy (non-hydrogen) atoms.